The van der Waals surface area contributed by atoms with Gasteiger partial charge in [0, 0.05) is 31.1 Å². The van der Waals surface area contributed by atoms with Gasteiger partial charge in [0.25, 0.3) is 0 Å². The summed E-state index contributed by atoms with van der Waals surface area (Å²) in [6, 6.07) is 1.03. The van der Waals surface area contributed by atoms with Crippen LogP contribution in [0.4, 0.5) is 0 Å². The zero-order chi connectivity index (χ0) is 13.2. The highest BCUT2D eigenvalue weighted by atomic mass is 35.5. The molecule has 0 aromatic rings. The van der Waals surface area contributed by atoms with Crippen LogP contribution in [0.3, 0.4) is 0 Å². The molecule has 4 nitrogen and oxygen atoms in total. The second kappa shape index (κ2) is 7.10. The van der Waals surface area contributed by atoms with Gasteiger partial charge >= 0.3 is 0 Å². The zero-order valence-electron chi connectivity index (χ0n) is 12.5. The quantitative estimate of drug-likeness (QED) is 0.839. The van der Waals surface area contributed by atoms with Crippen molar-refractivity contribution in [3.05, 3.63) is 0 Å². The number of carbonyl (C=O) groups excluding carboxylic acids is 1. The Labute approximate surface area is 128 Å². The lowest BCUT2D eigenvalue weighted by Crippen LogP contribution is -2.47. The summed E-state index contributed by atoms with van der Waals surface area (Å²) in [7, 11) is 0. The van der Waals surface area contributed by atoms with Crippen LogP contribution in [0.15, 0.2) is 0 Å². The predicted molar refractivity (Wildman–Crippen MR) is 83.2 cm³/mol. The lowest BCUT2D eigenvalue weighted by Gasteiger charge is -2.33. The van der Waals surface area contributed by atoms with Crippen molar-refractivity contribution in [2.75, 3.05) is 32.7 Å². The minimum absolute atomic E-state index is 0. The van der Waals surface area contributed by atoms with Gasteiger partial charge in [0.2, 0.25) is 5.91 Å². The smallest absolute Gasteiger partial charge is 0.226 e. The van der Waals surface area contributed by atoms with Crippen molar-refractivity contribution in [3.63, 3.8) is 0 Å². The average molecular weight is 302 g/mol. The Morgan fingerprint density at radius 2 is 1.80 bits per heavy atom. The van der Waals surface area contributed by atoms with Crippen LogP contribution in [0.25, 0.3) is 0 Å². The van der Waals surface area contributed by atoms with Gasteiger partial charge in [-0.15, -0.1) is 12.4 Å². The maximum Gasteiger partial charge on any atom is 0.226 e. The number of piperidine rings is 1. The molecule has 0 radical (unpaired) electrons. The van der Waals surface area contributed by atoms with Gasteiger partial charge in [-0.05, 0) is 51.7 Å². The molecule has 2 atom stereocenters. The molecule has 3 aliphatic heterocycles. The van der Waals surface area contributed by atoms with E-state index < -0.39 is 0 Å². The molecule has 3 aliphatic rings. The highest BCUT2D eigenvalue weighted by Crippen LogP contribution is 2.32. The standard InChI is InChI=1S/C15H27N3O.ClH/c1-2-17-10-7-13-3-4-14(11-17)18(13)15(19)12-5-8-16-9-6-12;/h12-14,16H,2-11H2,1H3;1H. The van der Waals surface area contributed by atoms with Crippen LogP contribution >= 0.6 is 12.4 Å². The Morgan fingerprint density at radius 1 is 1.10 bits per heavy atom. The van der Waals surface area contributed by atoms with Crippen molar-refractivity contribution in [2.45, 2.75) is 51.1 Å². The molecule has 0 saturated carbocycles. The van der Waals surface area contributed by atoms with E-state index in [9.17, 15) is 4.79 Å². The highest BCUT2D eigenvalue weighted by Gasteiger charge is 2.41. The van der Waals surface area contributed by atoms with Crippen molar-refractivity contribution in [1.29, 1.82) is 0 Å². The summed E-state index contributed by atoms with van der Waals surface area (Å²) in [5.74, 6) is 0.754. The summed E-state index contributed by atoms with van der Waals surface area (Å²) in [4.78, 5) is 17.7. The van der Waals surface area contributed by atoms with Gasteiger partial charge in [-0.2, -0.15) is 0 Å². The van der Waals surface area contributed by atoms with Crippen LogP contribution in [0, 0.1) is 5.92 Å². The Hall–Kier alpha value is -0.320. The van der Waals surface area contributed by atoms with Gasteiger partial charge in [-0.25, -0.2) is 0 Å². The molecule has 5 heteroatoms. The third-order valence-corrected chi connectivity index (χ3v) is 5.26. The maximum atomic E-state index is 12.8. The van der Waals surface area contributed by atoms with E-state index in [4.69, 9.17) is 0 Å². The SMILES string of the molecule is CCN1CCC2CCC(C1)N2C(=O)C1CCNCC1.Cl. The molecular formula is C15H28ClN3O. The van der Waals surface area contributed by atoms with E-state index in [1.54, 1.807) is 0 Å². The summed E-state index contributed by atoms with van der Waals surface area (Å²) in [6.45, 7) is 7.66. The molecule has 1 amide bonds. The minimum Gasteiger partial charge on any atom is -0.335 e. The second-order valence-corrected chi connectivity index (χ2v) is 6.34. The average Bonchev–Trinajstić information content (AvgIpc) is 2.74. The summed E-state index contributed by atoms with van der Waals surface area (Å²) in [6.07, 6.45) is 5.70. The summed E-state index contributed by atoms with van der Waals surface area (Å²) >= 11 is 0. The van der Waals surface area contributed by atoms with Crippen molar-refractivity contribution in [2.24, 2.45) is 5.92 Å². The third-order valence-electron chi connectivity index (χ3n) is 5.26. The molecule has 20 heavy (non-hydrogen) atoms. The van der Waals surface area contributed by atoms with Crippen LogP contribution in [0.1, 0.15) is 39.0 Å². The van der Waals surface area contributed by atoms with Gasteiger partial charge < -0.3 is 15.1 Å². The number of nitrogens with zero attached hydrogens (tertiary/aromatic N) is 2. The molecule has 2 unspecified atom stereocenters. The number of likely N-dealkylation sites (tertiary alicyclic amines) is 1. The molecule has 3 saturated heterocycles. The van der Waals surface area contributed by atoms with E-state index >= 15 is 0 Å². The topological polar surface area (TPSA) is 35.6 Å². The first-order chi connectivity index (χ1) is 9.29. The molecule has 3 fully saturated rings. The van der Waals surface area contributed by atoms with E-state index in [1.165, 1.54) is 25.8 Å². The van der Waals surface area contributed by atoms with Gasteiger partial charge in [0.05, 0.1) is 0 Å². The summed E-state index contributed by atoms with van der Waals surface area (Å²) in [5.41, 5.74) is 0. The van der Waals surface area contributed by atoms with Gasteiger partial charge in [-0.3, -0.25) is 4.79 Å². The van der Waals surface area contributed by atoms with Crippen LogP contribution in [0.5, 0.6) is 0 Å². The van der Waals surface area contributed by atoms with E-state index in [0.29, 0.717) is 18.0 Å². The number of rotatable bonds is 2. The fraction of sp³-hybridized carbons (Fsp3) is 0.933. The van der Waals surface area contributed by atoms with Gasteiger partial charge in [0.1, 0.15) is 0 Å². The van der Waals surface area contributed by atoms with Crippen LogP contribution < -0.4 is 5.32 Å². The first-order valence-corrected chi connectivity index (χ1v) is 8.05. The molecule has 3 rings (SSSR count). The largest absolute Gasteiger partial charge is 0.335 e. The van der Waals surface area contributed by atoms with Crippen molar-refractivity contribution < 1.29 is 4.79 Å². The Balaban J connectivity index is 0.00000147. The van der Waals surface area contributed by atoms with Crippen molar-refractivity contribution >= 4 is 18.3 Å². The zero-order valence-corrected chi connectivity index (χ0v) is 13.3. The van der Waals surface area contributed by atoms with Gasteiger partial charge in [-0.1, -0.05) is 6.92 Å². The summed E-state index contributed by atoms with van der Waals surface area (Å²) < 4.78 is 0. The first kappa shape index (κ1) is 16.1. The van der Waals surface area contributed by atoms with Crippen molar-refractivity contribution in [3.8, 4) is 0 Å². The minimum atomic E-state index is 0. The number of likely N-dealkylation sites (N-methyl/N-ethyl adjacent to an activating group) is 1. The fourth-order valence-corrected chi connectivity index (χ4v) is 4.07. The molecule has 2 bridgehead atoms. The molecular weight excluding hydrogens is 274 g/mol. The number of hydrogen-bond donors (Lipinski definition) is 1. The number of halogens is 1. The van der Waals surface area contributed by atoms with Crippen LogP contribution in [-0.4, -0.2) is 60.5 Å². The number of carbonyl (C=O) groups is 1. The van der Waals surface area contributed by atoms with E-state index in [0.717, 1.165) is 39.0 Å². The molecule has 1 N–H and O–H groups in total. The summed E-state index contributed by atoms with van der Waals surface area (Å²) in [5, 5.41) is 3.36. The Kier molecular flexibility index (Phi) is 5.70. The van der Waals surface area contributed by atoms with Gasteiger partial charge in [0.15, 0.2) is 0 Å². The molecule has 0 aromatic heterocycles. The number of fused-ring (bicyclic) bond motifs is 2. The van der Waals surface area contributed by atoms with E-state index in [2.05, 4.69) is 22.0 Å². The van der Waals surface area contributed by atoms with E-state index in [-0.39, 0.29) is 18.3 Å². The molecule has 3 heterocycles. The number of amides is 1. The van der Waals surface area contributed by atoms with Crippen molar-refractivity contribution in [1.82, 2.24) is 15.1 Å². The van der Waals surface area contributed by atoms with Crippen LogP contribution in [0.2, 0.25) is 0 Å². The molecule has 0 spiro atoms. The molecule has 0 aliphatic carbocycles. The van der Waals surface area contributed by atoms with E-state index in [1.807, 2.05) is 0 Å². The number of hydrogen-bond acceptors (Lipinski definition) is 3. The highest BCUT2D eigenvalue weighted by molar-refractivity contribution is 5.85. The Bertz CT molecular complexity index is 333. The maximum absolute atomic E-state index is 12.8. The first-order valence-electron chi connectivity index (χ1n) is 8.05. The fourth-order valence-electron chi connectivity index (χ4n) is 4.07. The molecule has 0 aromatic carbocycles. The monoisotopic (exact) mass is 301 g/mol. The lowest BCUT2D eigenvalue weighted by molar-refractivity contribution is -0.139. The third kappa shape index (κ3) is 3.12. The normalized spacial score (nSPS) is 31.8. The second-order valence-electron chi connectivity index (χ2n) is 6.34. The molecule has 116 valence electrons. The Morgan fingerprint density at radius 3 is 2.50 bits per heavy atom. The number of nitrogens with one attached hydrogen (secondary N) is 1. The van der Waals surface area contributed by atoms with Crippen LogP contribution in [-0.2, 0) is 4.79 Å². The lowest BCUT2D eigenvalue weighted by atomic mass is 9.95. The predicted octanol–water partition coefficient (Wildman–Crippen LogP) is 1.49.